The first-order chi connectivity index (χ1) is 10.0. The monoisotopic (exact) mass is 324 g/mol. The van der Waals surface area contributed by atoms with E-state index in [9.17, 15) is 9.18 Å². The van der Waals surface area contributed by atoms with E-state index in [-0.39, 0.29) is 17.4 Å². The van der Waals surface area contributed by atoms with Gasteiger partial charge in [0.05, 0.1) is 12.1 Å². The minimum Gasteiger partial charge on any atom is -0.369 e. The Labute approximate surface area is 129 Å². The molecule has 0 aliphatic rings. The molecule has 0 aliphatic heterocycles. The van der Waals surface area contributed by atoms with Crippen LogP contribution in [0.1, 0.15) is 10.4 Å². The van der Waals surface area contributed by atoms with Gasteiger partial charge in [-0.2, -0.15) is 0 Å². The van der Waals surface area contributed by atoms with Crippen molar-refractivity contribution in [3.05, 3.63) is 35.6 Å². The zero-order valence-corrected chi connectivity index (χ0v) is 13.1. The van der Waals surface area contributed by atoms with Crippen LogP contribution in [0.25, 0.3) is 0 Å². The first kappa shape index (κ1) is 15.6. The lowest BCUT2D eigenvalue weighted by Gasteiger charge is -1.99. The van der Waals surface area contributed by atoms with Gasteiger partial charge in [0, 0.05) is 19.7 Å². The molecule has 0 fully saturated rings. The molecule has 1 aromatic carbocycles. The third-order valence-corrected chi connectivity index (χ3v) is 4.25. The molecule has 1 heterocycles. The van der Waals surface area contributed by atoms with Gasteiger partial charge in [-0.3, -0.25) is 4.79 Å². The molecule has 2 aromatic rings. The standard InChI is InChI=1S/C13H13FN4OS2/c1-18(2)8-15-12-16-17-13(21-12)20-7-11(19)9-3-5-10(14)6-4-9/h3-6,8H,7H2,1-2H3. The molecule has 0 saturated carbocycles. The SMILES string of the molecule is CN(C)C=Nc1nnc(SCC(=O)c2ccc(F)cc2)s1. The molecule has 0 unspecified atom stereocenters. The van der Waals surface area contributed by atoms with Gasteiger partial charge in [-0.15, -0.1) is 10.2 Å². The van der Waals surface area contributed by atoms with Crippen molar-refractivity contribution in [2.24, 2.45) is 4.99 Å². The third-order valence-electron chi connectivity index (χ3n) is 2.29. The lowest BCUT2D eigenvalue weighted by Crippen LogP contribution is -2.06. The number of hydrogen-bond acceptors (Lipinski definition) is 6. The predicted octanol–water partition coefficient (Wildman–Crippen LogP) is 2.87. The summed E-state index contributed by atoms with van der Waals surface area (Å²) in [4.78, 5) is 17.9. The predicted molar refractivity (Wildman–Crippen MR) is 83.2 cm³/mol. The van der Waals surface area contributed by atoms with E-state index in [1.165, 1.54) is 47.4 Å². The normalized spacial score (nSPS) is 11.0. The number of nitrogens with zero attached hydrogens (tertiary/aromatic N) is 4. The highest BCUT2D eigenvalue weighted by Gasteiger charge is 2.09. The molecular formula is C13H13FN4OS2. The van der Waals surface area contributed by atoms with Crippen LogP contribution < -0.4 is 0 Å². The Bertz CT molecular complexity index is 640. The van der Waals surface area contributed by atoms with E-state index in [1.807, 2.05) is 14.1 Å². The van der Waals surface area contributed by atoms with Gasteiger partial charge in [-0.1, -0.05) is 23.1 Å². The van der Waals surface area contributed by atoms with Crippen molar-refractivity contribution in [1.82, 2.24) is 15.1 Å². The van der Waals surface area contributed by atoms with Crippen LogP contribution in [0.3, 0.4) is 0 Å². The Morgan fingerprint density at radius 3 is 2.76 bits per heavy atom. The molecule has 0 N–H and O–H groups in total. The molecule has 0 aliphatic carbocycles. The summed E-state index contributed by atoms with van der Waals surface area (Å²) in [5.74, 6) is -0.197. The molecule has 110 valence electrons. The summed E-state index contributed by atoms with van der Waals surface area (Å²) in [5, 5.41) is 8.42. The van der Waals surface area contributed by atoms with Crippen molar-refractivity contribution in [3.63, 3.8) is 0 Å². The van der Waals surface area contributed by atoms with Gasteiger partial charge in [0.25, 0.3) is 0 Å². The van der Waals surface area contributed by atoms with Gasteiger partial charge >= 0.3 is 0 Å². The third kappa shape index (κ3) is 4.91. The zero-order valence-electron chi connectivity index (χ0n) is 11.5. The van der Waals surface area contributed by atoms with E-state index < -0.39 is 0 Å². The Morgan fingerprint density at radius 1 is 1.38 bits per heavy atom. The fourth-order valence-electron chi connectivity index (χ4n) is 1.32. The van der Waals surface area contributed by atoms with Crippen molar-refractivity contribution in [1.29, 1.82) is 0 Å². The van der Waals surface area contributed by atoms with E-state index >= 15 is 0 Å². The molecule has 0 atom stereocenters. The van der Waals surface area contributed by atoms with Gasteiger partial charge in [-0.25, -0.2) is 9.38 Å². The van der Waals surface area contributed by atoms with Crippen LogP contribution in [0, 0.1) is 5.82 Å². The summed E-state index contributed by atoms with van der Waals surface area (Å²) in [6, 6.07) is 5.50. The number of rotatable bonds is 6. The van der Waals surface area contributed by atoms with Gasteiger partial charge in [0.2, 0.25) is 5.13 Å². The van der Waals surface area contributed by atoms with Crippen LogP contribution in [0.15, 0.2) is 33.6 Å². The van der Waals surface area contributed by atoms with Crippen LogP contribution in [0.4, 0.5) is 9.52 Å². The number of carbonyl (C=O) groups excluding carboxylic acids is 1. The lowest BCUT2D eigenvalue weighted by molar-refractivity contribution is 0.102. The maximum absolute atomic E-state index is 12.8. The van der Waals surface area contributed by atoms with Gasteiger partial charge in [-0.05, 0) is 24.3 Å². The van der Waals surface area contributed by atoms with Crippen LogP contribution >= 0.6 is 23.1 Å². The van der Waals surface area contributed by atoms with Crippen LogP contribution in [0.2, 0.25) is 0 Å². The number of Topliss-reactive ketones (excluding diaryl/α,β-unsaturated/α-hetero) is 1. The minimum atomic E-state index is -0.355. The average Bonchev–Trinajstić information content (AvgIpc) is 2.91. The van der Waals surface area contributed by atoms with E-state index in [1.54, 1.807) is 11.2 Å². The summed E-state index contributed by atoms with van der Waals surface area (Å²) in [7, 11) is 3.73. The second-order valence-corrected chi connectivity index (χ2v) is 6.46. The molecule has 5 nitrogen and oxygen atoms in total. The van der Waals surface area contributed by atoms with Crippen LogP contribution in [0.5, 0.6) is 0 Å². The van der Waals surface area contributed by atoms with Crippen molar-refractivity contribution < 1.29 is 9.18 Å². The van der Waals surface area contributed by atoms with Gasteiger partial charge < -0.3 is 4.90 Å². The number of halogens is 1. The summed E-state index contributed by atoms with van der Waals surface area (Å²) in [5.41, 5.74) is 0.485. The summed E-state index contributed by atoms with van der Waals surface area (Å²) in [6.07, 6.45) is 1.64. The first-order valence-corrected chi connectivity index (χ1v) is 7.80. The molecule has 0 saturated heterocycles. The van der Waals surface area contributed by atoms with Crippen molar-refractivity contribution in [3.8, 4) is 0 Å². The Hall–Kier alpha value is -1.80. The molecular weight excluding hydrogens is 311 g/mol. The molecule has 21 heavy (non-hydrogen) atoms. The fourth-order valence-corrected chi connectivity index (χ4v) is 2.90. The largest absolute Gasteiger partial charge is 0.369 e. The van der Waals surface area contributed by atoms with Gasteiger partial charge in [0.15, 0.2) is 10.1 Å². The molecule has 0 spiro atoms. The van der Waals surface area contributed by atoms with Gasteiger partial charge in [0.1, 0.15) is 5.82 Å². The summed E-state index contributed by atoms with van der Waals surface area (Å²) in [6.45, 7) is 0. The second kappa shape index (κ2) is 7.28. The van der Waals surface area contributed by atoms with E-state index in [4.69, 9.17) is 0 Å². The zero-order chi connectivity index (χ0) is 15.2. The average molecular weight is 324 g/mol. The molecule has 0 radical (unpaired) electrons. The fraction of sp³-hybridized carbons (Fsp3) is 0.231. The Balaban J connectivity index is 1.91. The number of ketones is 1. The topological polar surface area (TPSA) is 58.5 Å². The molecule has 0 bridgehead atoms. The van der Waals surface area contributed by atoms with E-state index in [2.05, 4.69) is 15.2 Å². The molecule has 2 rings (SSSR count). The number of hydrogen-bond donors (Lipinski definition) is 0. The smallest absolute Gasteiger partial charge is 0.233 e. The quantitative estimate of drug-likeness (QED) is 0.354. The first-order valence-electron chi connectivity index (χ1n) is 6.00. The van der Waals surface area contributed by atoms with Crippen molar-refractivity contribution >= 4 is 40.4 Å². The summed E-state index contributed by atoms with van der Waals surface area (Å²) < 4.78 is 13.5. The van der Waals surface area contributed by atoms with E-state index in [0.29, 0.717) is 15.0 Å². The number of benzene rings is 1. The highest BCUT2D eigenvalue weighted by molar-refractivity contribution is 8.01. The Morgan fingerprint density at radius 2 is 2.10 bits per heavy atom. The maximum Gasteiger partial charge on any atom is 0.233 e. The second-order valence-electron chi connectivity index (χ2n) is 4.28. The Kier molecular flexibility index (Phi) is 5.40. The highest BCUT2D eigenvalue weighted by Crippen LogP contribution is 2.27. The molecule has 8 heteroatoms. The molecule has 1 aromatic heterocycles. The highest BCUT2D eigenvalue weighted by atomic mass is 32.2. The number of carbonyl (C=O) groups is 1. The lowest BCUT2D eigenvalue weighted by atomic mass is 10.1. The maximum atomic E-state index is 12.8. The van der Waals surface area contributed by atoms with Crippen LogP contribution in [-0.4, -0.2) is 47.1 Å². The van der Waals surface area contributed by atoms with Crippen molar-refractivity contribution in [2.45, 2.75) is 4.34 Å². The molecule has 0 amide bonds. The minimum absolute atomic E-state index is 0.0754. The van der Waals surface area contributed by atoms with E-state index in [0.717, 1.165) is 0 Å². The summed E-state index contributed by atoms with van der Waals surface area (Å²) >= 11 is 2.62. The number of aliphatic imine (C=N–C) groups is 1. The van der Waals surface area contributed by atoms with Crippen molar-refractivity contribution in [2.75, 3.05) is 19.8 Å². The number of thioether (sulfide) groups is 1. The number of aromatic nitrogens is 2. The van der Waals surface area contributed by atoms with Crippen LogP contribution in [-0.2, 0) is 0 Å².